The third-order valence-electron chi connectivity index (χ3n) is 5.01. The number of aromatic nitrogens is 1. The lowest BCUT2D eigenvalue weighted by atomic mass is 10.2. The first-order valence-electron chi connectivity index (χ1n) is 13.3. The summed E-state index contributed by atoms with van der Waals surface area (Å²) in [5.41, 5.74) is 8.34. The third kappa shape index (κ3) is 17.7. The van der Waals surface area contributed by atoms with Gasteiger partial charge < -0.3 is 34.1 Å². The predicted octanol–water partition coefficient (Wildman–Crippen LogP) is 2.86. The number of carbonyl (C=O) groups excluding carboxylic acids is 2. The number of aliphatic carboxylic acids is 1. The first kappa shape index (κ1) is 35.5. The maximum absolute atomic E-state index is 12.8. The lowest BCUT2D eigenvalue weighted by Gasteiger charge is -2.27. The van der Waals surface area contributed by atoms with Crippen molar-refractivity contribution < 1.29 is 43.2 Å². The molecular formula is C26H42N6O9. The fraction of sp³-hybridized carbons (Fsp3) is 0.692. The van der Waals surface area contributed by atoms with Gasteiger partial charge in [0.15, 0.2) is 6.04 Å². The number of ether oxygens (including phenoxy) is 5. The van der Waals surface area contributed by atoms with Crippen molar-refractivity contribution in [1.82, 2.24) is 10.3 Å². The average molecular weight is 583 g/mol. The van der Waals surface area contributed by atoms with E-state index >= 15 is 0 Å². The second-order valence-corrected chi connectivity index (χ2v) is 9.75. The van der Waals surface area contributed by atoms with Gasteiger partial charge >= 0.3 is 12.1 Å². The second kappa shape index (κ2) is 20.4. The van der Waals surface area contributed by atoms with Crippen LogP contribution in [0, 0.1) is 6.92 Å². The summed E-state index contributed by atoms with van der Waals surface area (Å²) >= 11 is 0. The Bertz CT molecular complexity index is 982. The minimum absolute atomic E-state index is 0.0170. The third-order valence-corrected chi connectivity index (χ3v) is 5.01. The van der Waals surface area contributed by atoms with Crippen LogP contribution >= 0.6 is 0 Å². The molecule has 0 aliphatic carbocycles. The van der Waals surface area contributed by atoms with E-state index in [0.717, 1.165) is 5.56 Å². The van der Waals surface area contributed by atoms with Gasteiger partial charge in [-0.15, -0.1) is 0 Å². The van der Waals surface area contributed by atoms with E-state index in [2.05, 4.69) is 20.3 Å². The molecule has 0 aliphatic rings. The van der Waals surface area contributed by atoms with Gasteiger partial charge in [-0.25, -0.2) is 14.6 Å². The van der Waals surface area contributed by atoms with Gasteiger partial charge in [0, 0.05) is 30.6 Å². The summed E-state index contributed by atoms with van der Waals surface area (Å²) in [7, 11) is 0. The molecule has 0 saturated carbocycles. The zero-order chi connectivity index (χ0) is 30.5. The highest BCUT2D eigenvalue weighted by atomic mass is 16.6. The molecule has 0 aromatic carbocycles. The van der Waals surface area contributed by atoms with E-state index in [-0.39, 0.29) is 45.8 Å². The van der Waals surface area contributed by atoms with Gasteiger partial charge in [0.05, 0.1) is 52.9 Å². The van der Waals surface area contributed by atoms with E-state index in [1.54, 1.807) is 39.1 Å². The average Bonchev–Trinajstić information content (AvgIpc) is 2.89. The number of carboxylic acid groups (broad SMARTS) is 1. The Morgan fingerprint density at radius 1 is 1.07 bits per heavy atom. The van der Waals surface area contributed by atoms with Crippen LogP contribution in [-0.2, 0) is 33.3 Å². The molecule has 0 radical (unpaired) electrons. The van der Waals surface area contributed by atoms with Gasteiger partial charge in [0.25, 0.3) is 0 Å². The van der Waals surface area contributed by atoms with Gasteiger partial charge in [-0.3, -0.25) is 9.69 Å². The number of rotatable bonds is 21. The molecule has 0 bridgehead atoms. The second-order valence-electron chi connectivity index (χ2n) is 9.75. The van der Waals surface area contributed by atoms with Crippen molar-refractivity contribution in [3.63, 3.8) is 0 Å². The van der Waals surface area contributed by atoms with Crippen molar-refractivity contribution in [1.29, 1.82) is 0 Å². The molecule has 2 N–H and O–H groups in total. The number of pyridine rings is 1. The molecule has 1 atom stereocenters. The molecule has 230 valence electrons. The van der Waals surface area contributed by atoms with E-state index < -0.39 is 29.6 Å². The number of carboxylic acids is 1. The van der Waals surface area contributed by atoms with E-state index in [1.165, 1.54) is 4.90 Å². The molecule has 0 spiro atoms. The Balaban J connectivity index is 2.32. The fourth-order valence-electron chi connectivity index (χ4n) is 3.13. The minimum atomic E-state index is -1.23. The van der Waals surface area contributed by atoms with Gasteiger partial charge in [-0.1, -0.05) is 5.11 Å². The van der Waals surface area contributed by atoms with Crippen LogP contribution in [0.25, 0.3) is 10.4 Å². The smallest absolute Gasteiger partial charge is 0.416 e. The number of anilines is 1. The first-order valence-corrected chi connectivity index (χ1v) is 13.3. The normalized spacial score (nSPS) is 11.8. The van der Waals surface area contributed by atoms with Crippen molar-refractivity contribution in [3.05, 3.63) is 34.3 Å². The van der Waals surface area contributed by atoms with Crippen LogP contribution in [0.15, 0.2) is 23.4 Å². The Morgan fingerprint density at radius 2 is 1.68 bits per heavy atom. The molecule has 41 heavy (non-hydrogen) atoms. The standard InChI is InChI=1S/C26H42N6O9/c1-20-7-8-28-22(18-20)32(25(36)41-26(2,3)4)10-5-6-23(33)30-21(24(34)35)19-40-17-16-39-15-14-38-13-12-37-11-9-29-31-27/h7-8,18,21H,5-6,9-17,19H2,1-4H3,(H,30,33)(H,34,35)/t21-/m0/s1. The summed E-state index contributed by atoms with van der Waals surface area (Å²) in [5.74, 6) is -1.32. The molecule has 0 aliphatic heterocycles. The molecule has 1 aromatic heterocycles. The largest absolute Gasteiger partial charge is 0.480 e. The first-order chi connectivity index (χ1) is 19.5. The summed E-state index contributed by atoms with van der Waals surface area (Å²) in [6.45, 7) is 9.43. The maximum Gasteiger partial charge on any atom is 0.416 e. The van der Waals surface area contributed by atoms with Crippen LogP contribution in [-0.4, -0.2) is 106 Å². The fourth-order valence-corrected chi connectivity index (χ4v) is 3.13. The number of nitrogens with zero attached hydrogens (tertiary/aromatic N) is 5. The van der Waals surface area contributed by atoms with Crippen LogP contribution in [0.1, 0.15) is 39.2 Å². The molecule has 1 rings (SSSR count). The summed E-state index contributed by atoms with van der Waals surface area (Å²) in [6.07, 6.45) is 1.23. The van der Waals surface area contributed by atoms with Crippen molar-refractivity contribution in [2.24, 2.45) is 5.11 Å². The topological polar surface area (TPSA) is 195 Å². The maximum atomic E-state index is 12.8. The van der Waals surface area contributed by atoms with E-state index in [1.807, 2.05) is 6.92 Å². The lowest BCUT2D eigenvalue weighted by molar-refractivity contribution is -0.143. The van der Waals surface area contributed by atoms with E-state index in [9.17, 15) is 19.5 Å². The number of hydrogen-bond acceptors (Lipinski definition) is 10. The molecule has 15 nitrogen and oxygen atoms in total. The summed E-state index contributed by atoms with van der Waals surface area (Å²) in [5, 5.41) is 15.2. The Hall–Kier alpha value is -3.49. The van der Waals surface area contributed by atoms with E-state index in [0.29, 0.717) is 38.9 Å². The highest BCUT2D eigenvalue weighted by Crippen LogP contribution is 2.18. The lowest BCUT2D eigenvalue weighted by Crippen LogP contribution is -2.44. The summed E-state index contributed by atoms with van der Waals surface area (Å²) in [4.78, 5) is 45.0. The van der Waals surface area contributed by atoms with Gasteiger partial charge in [-0.05, 0) is 57.3 Å². The van der Waals surface area contributed by atoms with Crippen LogP contribution in [0.3, 0.4) is 0 Å². The van der Waals surface area contributed by atoms with Crippen LogP contribution in [0.2, 0.25) is 0 Å². The number of hydrogen-bond donors (Lipinski definition) is 2. The molecule has 0 fully saturated rings. The zero-order valence-electron chi connectivity index (χ0n) is 24.2. The molecular weight excluding hydrogens is 540 g/mol. The van der Waals surface area contributed by atoms with Gasteiger partial charge in [0.2, 0.25) is 5.91 Å². The van der Waals surface area contributed by atoms with Crippen LogP contribution in [0.5, 0.6) is 0 Å². The monoisotopic (exact) mass is 582 g/mol. The number of nitrogens with one attached hydrogen (secondary N) is 1. The molecule has 1 aromatic rings. The molecule has 0 saturated heterocycles. The van der Waals surface area contributed by atoms with Crippen molar-refractivity contribution >= 4 is 23.8 Å². The highest BCUT2D eigenvalue weighted by Gasteiger charge is 2.25. The van der Waals surface area contributed by atoms with Gasteiger partial charge in [-0.2, -0.15) is 0 Å². The predicted molar refractivity (Wildman–Crippen MR) is 149 cm³/mol. The van der Waals surface area contributed by atoms with E-state index in [4.69, 9.17) is 29.2 Å². The number of amides is 2. The number of azide groups is 1. The molecule has 1 heterocycles. The zero-order valence-corrected chi connectivity index (χ0v) is 24.2. The number of carbonyl (C=O) groups is 3. The van der Waals surface area contributed by atoms with Crippen LogP contribution < -0.4 is 10.2 Å². The summed E-state index contributed by atoms with van der Waals surface area (Å²) < 4.78 is 26.7. The molecule has 2 amide bonds. The number of aryl methyl sites for hydroxylation is 1. The Labute approximate surface area is 240 Å². The Kier molecular flexibility index (Phi) is 17.7. The van der Waals surface area contributed by atoms with Crippen LogP contribution in [0.4, 0.5) is 10.6 Å². The summed E-state index contributed by atoms with van der Waals surface area (Å²) in [6, 6.07) is 2.31. The van der Waals surface area contributed by atoms with Crippen molar-refractivity contribution in [3.8, 4) is 0 Å². The minimum Gasteiger partial charge on any atom is -0.480 e. The van der Waals surface area contributed by atoms with Crippen molar-refractivity contribution in [2.45, 2.75) is 52.2 Å². The quantitative estimate of drug-likeness (QED) is 0.0941. The Morgan fingerprint density at radius 3 is 2.24 bits per heavy atom. The molecule has 0 unspecified atom stereocenters. The molecule has 15 heteroatoms. The SMILES string of the molecule is Cc1ccnc(N(CCCC(=O)N[C@@H](COCCOCCOCCOCCN=[N+]=[N-])C(=O)O)C(=O)OC(C)(C)C)c1. The highest BCUT2D eigenvalue weighted by molar-refractivity contribution is 5.87. The van der Waals surface area contributed by atoms with Crippen molar-refractivity contribution in [2.75, 3.05) is 70.8 Å². The van der Waals surface area contributed by atoms with Gasteiger partial charge in [0.1, 0.15) is 11.4 Å².